The molecule has 0 fully saturated rings. The molecule has 3 aromatic rings. The van der Waals surface area contributed by atoms with Gasteiger partial charge in [-0.3, -0.25) is 9.69 Å². The highest BCUT2D eigenvalue weighted by Gasteiger charge is 2.18. The largest absolute Gasteiger partial charge is 0.389 e. The van der Waals surface area contributed by atoms with Gasteiger partial charge in [-0.2, -0.15) is 0 Å². The quantitative estimate of drug-likeness (QED) is 0.482. The molecule has 2 heterocycles. The second kappa shape index (κ2) is 10.7. The Labute approximate surface area is 178 Å². The van der Waals surface area contributed by atoms with Crippen LogP contribution in [-0.2, 0) is 16.0 Å². The van der Waals surface area contributed by atoms with Gasteiger partial charge in [0.15, 0.2) is 0 Å². The first-order valence-electron chi connectivity index (χ1n) is 9.75. The van der Waals surface area contributed by atoms with Crippen molar-refractivity contribution in [1.82, 2.24) is 14.9 Å². The van der Waals surface area contributed by atoms with Gasteiger partial charge in [0.05, 0.1) is 31.2 Å². The van der Waals surface area contributed by atoms with Crippen LogP contribution in [0.4, 0.5) is 4.39 Å². The summed E-state index contributed by atoms with van der Waals surface area (Å²) in [5.41, 5.74) is 0.609. The molecule has 2 N–H and O–H groups in total. The number of nitrogens with zero attached hydrogens (tertiary/aromatic N) is 2. The summed E-state index contributed by atoms with van der Waals surface area (Å²) in [6.45, 7) is 4.37. The highest BCUT2D eigenvalue weighted by atomic mass is 32.1. The van der Waals surface area contributed by atoms with Crippen LogP contribution >= 0.6 is 11.3 Å². The van der Waals surface area contributed by atoms with Gasteiger partial charge in [-0.1, -0.05) is 18.2 Å². The number of ether oxygens (including phenoxy) is 2. The molecule has 0 aliphatic heterocycles. The van der Waals surface area contributed by atoms with Crippen molar-refractivity contribution in [3.63, 3.8) is 0 Å². The lowest BCUT2D eigenvalue weighted by atomic mass is 10.1. The number of fused-ring (bicyclic) bond motifs is 1. The topological polar surface area (TPSA) is 87.7 Å². The molecule has 2 aromatic heterocycles. The van der Waals surface area contributed by atoms with Crippen molar-refractivity contribution in [3.05, 3.63) is 51.6 Å². The number of halogens is 1. The fourth-order valence-electron chi connectivity index (χ4n) is 3.22. The van der Waals surface area contributed by atoms with E-state index in [0.717, 1.165) is 0 Å². The van der Waals surface area contributed by atoms with E-state index in [1.807, 2.05) is 11.8 Å². The van der Waals surface area contributed by atoms with Gasteiger partial charge in [-0.15, -0.1) is 11.3 Å². The molecule has 1 aromatic carbocycles. The van der Waals surface area contributed by atoms with E-state index < -0.39 is 6.10 Å². The van der Waals surface area contributed by atoms with Crippen LogP contribution in [0.25, 0.3) is 21.3 Å². The molecular formula is C21H26FN3O4S. The Balaban J connectivity index is 1.85. The molecule has 9 heteroatoms. The number of rotatable bonds is 11. The first-order chi connectivity index (χ1) is 14.5. The molecule has 0 spiro atoms. The van der Waals surface area contributed by atoms with Crippen LogP contribution in [0.2, 0.25) is 0 Å². The third-order valence-electron chi connectivity index (χ3n) is 4.63. The lowest BCUT2D eigenvalue weighted by molar-refractivity contribution is 0.0144. The van der Waals surface area contributed by atoms with Crippen LogP contribution in [0.1, 0.15) is 12.7 Å². The number of aromatic nitrogens is 2. The molecule has 0 aliphatic carbocycles. The van der Waals surface area contributed by atoms with E-state index in [4.69, 9.17) is 9.47 Å². The van der Waals surface area contributed by atoms with Gasteiger partial charge in [-0.05, 0) is 13.0 Å². The van der Waals surface area contributed by atoms with Gasteiger partial charge < -0.3 is 19.6 Å². The van der Waals surface area contributed by atoms with E-state index in [2.05, 4.69) is 9.97 Å². The van der Waals surface area contributed by atoms with Crippen molar-refractivity contribution >= 4 is 21.6 Å². The third kappa shape index (κ3) is 5.50. The van der Waals surface area contributed by atoms with Crippen LogP contribution < -0.4 is 5.56 Å². The molecule has 0 saturated heterocycles. The molecule has 0 radical (unpaired) electrons. The van der Waals surface area contributed by atoms with Crippen LogP contribution in [0.5, 0.6) is 0 Å². The van der Waals surface area contributed by atoms with Crippen molar-refractivity contribution < 1.29 is 19.0 Å². The smallest absolute Gasteiger partial charge is 0.260 e. The standard InChI is InChI=1S/C21H26FN3O4S/c1-3-29-12-14(26)10-25(8-9-28-2)11-18-23-20(27)19-16(13-30-21(19)24-18)15-6-4-5-7-17(15)22/h4-7,13-14,26H,3,8-12H2,1-2H3,(H,23,24,27)/t14-/m1/s1. The summed E-state index contributed by atoms with van der Waals surface area (Å²) in [5, 5.41) is 12.3. The third-order valence-corrected chi connectivity index (χ3v) is 5.50. The summed E-state index contributed by atoms with van der Waals surface area (Å²) < 4.78 is 24.6. The zero-order chi connectivity index (χ0) is 21.5. The number of methoxy groups -OCH3 is 1. The zero-order valence-corrected chi connectivity index (χ0v) is 17.9. The van der Waals surface area contributed by atoms with E-state index in [1.165, 1.54) is 17.4 Å². The van der Waals surface area contributed by atoms with E-state index in [-0.39, 0.29) is 18.0 Å². The number of aliphatic hydroxyl groups excluding tert-OH is 1. The summed E-state index contributed by atoms with van der Waals surface area (Å²) in [4.78, 5) is 22.7. The minimum absolute atomic E-state index is 0.236. The number of nitrogens with one attached hydrogen (secondary N) is 1. The van der Waals surface area contributed by atoms with E-state index in [0.29, 0.717) is 60.0 Å². The van der Waals surface area contributed by atoms with Crippen LogP contribution in [0.15, 0.2) is 34.4 Å². The Bertz CT molecular complexity index is 1020. The SMILES string of the molecule is CCOC[C@H](O)CN(CCOC)Cc1nc2scc(-c3ccccc3F)c2c(=O)[nH]1. The first-order valence-corrected chi connectivity index (χ1v) is 10.6. The fraction of sp³-hybridized carbons (Fsp3) is 0.429. The molecule has 3 rings (SSSR count). The first kappa shape index (κ1) is 22.5. The molecule has 162 valence electrons. The Hall–Kier alpha value is -2.17. The number of aliphatic hydroxyl groups is 1. The number of H-pyrrole nitrogens is 1. The second-order valence-electron chi connectivity index (χ2n) is 6.86. The van der Waals surface area contributed by atoms with Gasteiger partial charge in [0.25, 0.3) is 5.56 Å². The van der Waals surface area contributed by atoms with Crippen LogP contribution in [0.3, 0.4) is 0 Å². The van der Waals surface area contributed by atoms with Crippen molar-refractivity contribution in [1.29, 1.82) is 0 Å². The predicted octanol–water partition coefficient (Wildman–Crippen LogP) is 2.64. The second-order valence-corrected chi connectivity index (χ2v) is 7.72. The van der Waals surface area contributed by atoms with Crippen LogP contribution in [0, 0.1) is 5.82 Å². The average Bonchev–Trinajstić information content (AvgIpc) is 3.15. The molecule has 0 bridgehead atoms. The van der Waals surface area contributed by atoms with Crippen molar-refractivity contribution in [2.24, 2.45) is 0 Å². The summed E-state index contributed by atoms with van der Waals surface area (Å²) in [6.07, 6.45) is -0.661. The van der Waals surface area contributed by atoms with Crippen molar-refractivity contribution in [2.75, 3.05) is 40.0 Å². The van der Waals surface area contributed by atoms with Gasteiger partial charge in [0.1, 0.15) is 16.5 Å². The van der Waals surface area contributed by atoms with Crippen molar-refractivity contribution in [2.45, 2.75) is 19.6 Å². The van der Waals surface area contributed by atoms with Crippen LogP contribution in [-0.4, -0.2) is 66.1 Å². The maximum atomic E-state index is 14.2. The molecule has 0 amide bonds. The Morgan fingerprint density at radius 1 is 1.33 bits per heavy atom. The average molecular weight is 436 g/mol. The fourth-order valence-corrected chi connectivity index (χ4v) is 4.18. The maximum Gasteiger partial charge on any atom is 0.260 e. The number of hydrogen-bond acceptors (Lipinski definition) is 7. The Kier molecular flexibility index (Phi) is 8.06. The van der Waals surface area contributed by atoms with Gasteiger partial charge in [-0.25, -0.2) is 9.37 Å². The van der Waals surface area contributed by atoms with Gasteiger partial charge in [0.2, 0.25) is 0 Å². The maximum absolute atomic E-state index is 14.2. The monoisotopic (exact) mass is 435 g/mol. The normalized spacial score (nSPS) is 12.7. The lowest BCUT2D eigenvalue weighted by Gasteiger charge is -2.24. The molecule has 7 nitrogen and oxygen atoms in total. The molecule has 30 heavy (non-hydrogen) atoms. The Morgan fingerprint density at radius 2 is 2.13 bits per heavy atom. The summed E-state index contributed by atoms with van der Waals surface area (Å²) in [5.74, 6) is 0.101. The van der Waals surface area contributed by atoms with E-state index >= 15 is 0 Å². The molecule has 0 unspecified atom stereocenters. The summed E-state index contributed by atoms with van der Waals surface area (Å²) in [7, 11) is 1.61. The highest BCUT2D eigenvalue weighted by Crippen LogP contribution is 2.32. The highest BCUT2D eigenvalue weighted by molar-refractivity contribution is 7.17. The number of benzene rings is 1. The molecular weight excluding hydrogens is 409 g/mol. The number of thiophene rings is 1. The predicted molar refractivity (Wildman–Crippen MR) is 115 cm³/mol. The van der Waals surface area contributed by atoms with Gasteiger partial charge >= 0.3 is 0 Å². The summed E-state index contributed by atoms with van der Waals surface area (Å²) >= 11 is 1.31. The van der Waals surface area contributed by atoms with Crippen molar-refractivity contribution in [3.8, 4) is 11.1 Å². The summed E-state index contributed by atoms with van der Waals surface area (Å²) in [6, 6.07) is 6.37. The molecule has 1 atom stereocenters. The zero-order valence-electron chi connectivity index (χ0n) is 17.1. The van der Waals surface area contributed by atoms with E-state index in [1.54, 1.807) is 30.7 Å². The lowest BCUT2D eigenvalue weighted by Crippen LogP contribution is -2.37. The molecule has 0 aliphatic rings. The minimum atomic E-state index is -0.661. The Morgan fingerprint density at radius 3 is 2.87 bits per heavy atom. The minimum Gasteiger partial charge on any atom is -0.389 e. The van der Waals surface area contributed by atoms with E-state index in [9.17, 15) is 14.3 Å². The number of hydrogen-bond donors (Lipinski definition) is 2. The molecule has 0 saturated carbocycles. The number of aromatic amines is 1. The van der Waals surface area contributed by atoms with Gasteiger partial charge in [0, 0.05) is 43.3 Å².